The summed E-state index contributed by atoms with van der Waals surface area (Å²) >= 11 is 0. The monoisotopic (exact) mass is 200 g/mol. The molecule has 3 nitrogen and oxygen atoms in total. The van der Waals surface area contributed by atoms with E-state index in [1.165, 1.54) is 0 Å². The van der Waals surface area contributed by atoms with Crippen molar-refractivity contribution in [2.45, 2.75) is 39.0 Å². The van der Waals surface area contributed by atoms with E-state index in [9.17, 15) is 4.79 Å². The first-order chi connectivity index (χ1) is 6.74. The molecule has 1 aliphatic carbocycles. The van der Waals surface area contributed by atoms with Gasteiger partial charge in [-0.15, -0.1) is 0 Å². The number of hydrogen-bond acceptors (Lipinski definition) is 2. The fourth-order valence-electron chi connectivity index (χ4n) is 1.95. The summed E-state index contributed by atoms with van der Waals surface area (Å²) in [4.78, 5) is 10.7. The van der Waals surface area contributed by atoms with Crippen LogP contribution in [0.25, 0.3) is 0 Å². The van der Waals surface area contributed by atoms with Gasteiger partial charge in [0.15, 0.2) is 0 Å². The zero-order chi connectivity index (χ0) is 10.4. The smallest absolute Gasteiger partial charge is 0.306 e. The van der Waals surface area contributed by atoms with Gasteiger partial charge in [0.2, 0.25) is 0 Å². The van der Waals surface area contributed by atoms with Crippen molar-refractivity contribution in [1.29, 1.82) is 0 Å². The second-order valence-electron chi connectivity index (χ2n) is 4.14. The molecule has 0 aromatic heterocycles. The fourth-order valence-corrected chi connectivity index (χ4v) is 1.95. The number of aliphatic carboxylic acids is 1. The van der Waals surface area contributed by atoms with Crippen LogP contribution in [0.3, 0.4) is 0 Å². The Kier molecular flexibility index (Phi) is 4.94. The van der Waals surface area contributed by atoms with E-state index in [4.69, 9.17) is 9.84 Å². The quantitative estimate of drug-likeness (QED) is 0.669. The van der Waals surface area contributed by atoms with Gasteiger partial charge in [-0.2, -0.15) is 0 Å². The molecule has 1 saturated carbocycles. The predicted molar refractivity (Wildman–Crippen MR) is 54.2 cm³/mol. The molecule has 0 aliphatic heterocycles. The van der Waals surface area contributed by atoms with Crippen molar-refractivity contribution in [2.24, 2.45) is 11.8 Å². The maximum absolute atomic E-state index is 10.7. The van der Waals surface area contributed by atoms with Crippen LogP contribution in [0.4, 0.5) is 0 Å². The predicted octanol–water partition coefficient (Wildman–Crippen LogP) is 2.30. The van der Waals surface area contributed by atoms with Crippen LogP contribution >= 0.6 is 0 Å². The molecule has 82 valence electrons. The normalized spacial score (nSPS) is 26.6. The van der Waals surface area contributed by atoms with Crippen molar-refractivity contribution >= 4 is 5.97 Å². The Morgan fingerprint density at radius 2 is 2.29 bits per heavy atom. The number of hydrogen-bond donors (Lipinski definition) is 1. The first-order valence-corrected chi connectivity index (χ1v) is 5.54. The maximum Gasteiger partial charge on any atom is 0.306 e. The average molecular weight is 200 g/mol. The number of rotatable bonds is 6. The van der Waals surface area contributed by atoms with Crippen molar-refractivity contribution in [3.63, 3.8) is 0 Å². The number of carbonyl (C=O) groups is 1. The van der Waals surface area contributed by atoms with Crippen LogP contribution in [-0.4, -0.2) is 24.3 Å². The topological polar surface area (TPSA) is 46.5 Å². The lowest BCUT2D eigenvalue weighted by atomic mass is 10.1. The third-order valence-corrected chi connectivity index (χ3v) is 2.89. The summed E-state index contributed by atoms with van der Waals surface area (Å²) in [5.74, 6) is -0.274. The molecule has 1 rings (SSSR count). The van der Waals surface area contributed by atoms with E-state index >= 15 is 0 Å². The van der Waals surface area contributed by atoms with Gasteiger partial charge in [0.1, 0.15) is 0 Å². The van der Waals surface area contributed by atoms with E-state index in [0.29, 0.717) is 5.92 Å². The Hall–Kier alpha value is -0.570. The molecule has 0 unspecified atom stereocenters. The molecule has 3 heteroatoms. The molecule has 0 aromatic rings. The molecule has 0 bridgehead atoms. The van der Waals surface area contributed by atoms with E-state index in [2.05, 4.69) is 6.92 Å². The fraction of sp³-hybridized carbons (Fsp3) is 0.909. The van der Waals surface area contributed by atoms with Crippen LogP contribution in [0, 0.1) is 11.8 Å². The Labute approximate surface area is 85.5 Å². The minimum absolute atomic E-state index is 0.116. The van der Waals surface area contributed by atoms with Gasteiger partial charge >= 0.3 is 5.97 Å². The van der Waals surface area contributed by atoms with Gasteiger partial charge in [-0.1, -0.05) is 13.3 Å². The van der Waals surface area contributed by atoms with Gasteiger partial charge in [-0.3, -0.25) is 4.79 Å². The molecule has 0 amide bonds. The van der Waals surface area contributed by atoms with Crippen molar-refractivity contribution in [1.82, 2.24) is 0 Å². The van der Waals surface area contributed by atoms with Crippen LogP contribution < -0.4 is 0 Å². The number of carboxylic acid groups (broad SMARTS) is 1. The van der Waals surface area contributed by atoms with E-state index in [1.54, 1.807) is 0 Å². The third-order valence-electron chi connectivity index (χ3n) is 2.89. The molecular formula is C11H20O3. The minimum Gasteiger partial charge on any atom is -0.481 e. The molecule has 0 spiro atoms. The van der Waals surface area contributed by atoms with Gasteiger partial charge in [0.25, 0.3) is 0 Å². The molecule has 2 atom stereocenters. The molecule has 0 saturated heterocycles. The summed E-state index contributed by atoms with van der Waals surface area (Å²) < 4.78 is 5.49. The maximum atomic E-state index is 10.7. The van der Waals surface area contributed by atoms with E-state index in [-0.39, 0.29) is 5.92 Å². The molecule has 14 heavy (non-hydrogen) atoms. The van der Waals surface area contributed by atoms with Crippen LogP contribution in [-0.2, 0) is 9.53 Å². The lowest BCUT2D eigenvalue weighted by Gasteiger charge is -2.09. The Balaban J connectivity index is 2.07. The van der Waals surface area contributed by atoms with Gasteiger partial charge in [-0.25, -0.2) is 0 Å². The molecule has 0 radical (unpaired) electrons. The van der Waals surface area contributed by atoms with E-state index in [0.717, 1.165) is 45.3 Å². The summed E-state index contributed by atoms with van der Waals surface area (Å²) in [6.07, 6.45) is 4.92. The summed E-state index contributed by atoms with van der Waals surface area (Å²) in [6, 6.07) is 0. The highest BCUT2D eigenvalue weighted by Gasteiger charge is 2.29. The summed E-state index contributed by atoms with van der Waals surface area (Å²) in [5, 5.41) is 8.80. The van der Waals surface area contributed by atoms with Crippen molar-refractivity contribution in [3.8, 4) is 0 Å². The van der Waals surface area contributed by atoms with E-state index in [1.807, 2.05) is 0 Å². The molecule has 0 aromatic carbocycles. The molecule has 0 heterocycles. The molecule has 1 fully saturated rings. The van der Waals surface area contributed by atoms with Crippen molar-refractivity contribution in [3.05, 3.63) is 0 Å². The average Bonchev–Trinajstić information content (AvgIpc) is 2.61. The second-order valence-corrected chi connectivity index (χ2v) is 4.14. The highest BCUT2D eigenvalue weighted by atomic mass is 16.5. The molecule has 1 aliphatic rings. The number of carboxylic acids is 1. The molecule has 1 N–H and O–H groups in total. The third kappa shape index (κ3) is 3.66. The van der Waals surface area contributed by atoms with Gasteiger partial charge < -0.3 is 9.84 Å². The zero-order valence-electron chi connectivity index (χ0n) is 8.87. The summed E-state index contributed by atoms with van der Waals surface area (Å²) in [5.41, 5.74) is 0. The van der Waals surface area contributed by atoms with Crippen molar-refractivity contribution < 1.29 is 14.6 Å². The first kappa shape index (κ1) is 11.5. The van der Waals surface area contributed by atoms with Gasteiger partial charge in [-0.05, 0) is 31.6 Å². The van der Waals surface area contributed by atoms with Crippen LogP contribution in [0.2, 0.25) is 0 Å². The Bertz CT molecular complexity index is 179. The Morgan fingerprint density at radius 1 is 1.50 bits per heavy atom. The lowest BCUT2D eigenvalue weighted by molar-refractivity contribution is -0.141. The van der Waals surface area contributed by atoms with Gasteiger partial charge in [0.05, 0.1) is 5.92 Å². The minimum atomic E-state index is -0.638. The largest absolute Gasteiger partial charge is 0.481 e. The highest BCUT2D eigenvalue weighted by molar-refractivity contribution is 5.70. The SMILES string of the molecule is CCCCOC[C@H]1CC[C@@H](C(=O)O)C1. The first-order valence-electron chi connectivity index (χ1n) is 5.54. The zero-order valence-corrected chi connectivity index (χ0v) is 8.87. The summed E-state index contributed by atoms with van der Waals surface area (Å²) in [7, 11) is 0. The standard InChI is InChI=1S/C11H20O3/c1-2-3-6-14-8-9-4-5-10(7-9)11(12)13/h9-10H,2-8H2,1H3,(H,12,13)/t9-,10+/m0/s1. The van der Waals surface area contributed by atoms with Gasteiger partial charge in [0, 0.05) is 13.2 Å². The molecular weight excluding hydrogens is 180 g/mol. The van der Waals surface area contributed by atoms with Crippen LogP contribution in [0.1, 0.15) is 39.0 Å². The highest BCUT2D eigenvalue weighted by Crippen LogP contribution is 2.31. The van der Waals surface area contributed by atoms with Crippen LogP contribution in [0.15, 0.2) is 0 Å². The van der Waals surface area contributed by atoms with E-state index < -0.39 is 5.97 Å². The lowest BCUT2D eigenvalue weighted by Crippen LogP contribution is -2.12. The number of ether oxygens (including phenoxy) is 1. The number of unbranched alkanes of at least 4 members (excludes halogenated alkanes) is 1. The van der Waals surface area contributed by atoms with Crippen molar-refractivity contribution in [2.75, 3.05) is 13.2 Å². The Morgan fingerprint density at radius 3 is 2.86 bits per heavy atom. The van der Waals surface area contributed by atoms with Crippen LogP contribution in [0.5, 0.6) is 0 Å². The summed E-state index contributed by atoms with van der Waals surface area (Å²) in [6.45, 7) is 3.72. The second kappa shape index (κ2) is 6.02.